The van der Waals surface area contributed by atoms with Crippen molar-refractivity contribution in [3.63, 3.8) is 0 Å². The third-order valence-electron chi connectivity index (χ3n) is 3.87. The lowest BCUT2D eigenvalue weighted by Crippen LogP contribution is -2.32. The molecular weight excluding hydrogens is 312 g/mol. The van der Waals surface area contributed by atoms with Crippen LogP contribution in [0, 0.1) is 11.8 Å². The van der Waals surface area contributed by atoms with Crippen molar-refractivity contribution in [2.45, 2.75) is 19.4 Å². The van der Waals surface area contributed by atoms with Gasteiger partial charge in [0, 0.05) is 28.6 Å². The molecule has 0 saturated heterocycles. The van der Waals surface area contributed by atoms with Crippen LogP contribution in [-0.2, 0) is 0 Å². The van der Waals surface area contributed by atoms with E-state index in [9.17, 15) is 0 Å². The summed E-state index contributed by atoms with van der Waals surface area (Å²) in [6.45, 7) is 4.03. The molecule has 1 aliphatic rings. The number of nitrogens with zero attached hydrogens (tertiary/aromatic N) is 1. The van der Waals surface area contributed by atoms with Crippen LogP contribution in [0.25, 0.3) is 0 Å². The Bertz CT molecular complexity index is 424. The molecule has 4 heteroatoms. The maximum absolute atomic E-state index is 6.08. The Balaban J connectivity index is 2.13. The van der Waals surface area contributed by atoms with Crippen LogP contribution >= 0.6 is 27.5 Å². The summed E-state index contributed by atoms with van der Waals surface area (Å²) >= 11 is 9.68. The minimum absolute atomic E-state index is 0.228. The average molecular weight is 332 g/mol. The van der Waals surface area contributed by atoms with Crippen LogP contribution in [-0.4, -0.2) is 25.0 Å². The summed E-state index contributed by atoms with van der Waals surface area (Å²) in [5, 5.41) is 0.764. The van der Waals surface area contributed by atoms with E-state index in [0.29, 0.717) is 6.54 Å². The molecule has 0 aromatic heterocycles. The fourth-order valence-corrected chi connectivity index (χ4v) is 3.16. The number of hydrogen-bond acceptors (Lipinski definition) is 2. The van der Waals surface area contributed by atoms with Gasteiger partial charge in [-0.15, -0.1) is 0 Å². The van der Waals surface area contributed by atoms with E-state index in [1.165, 1.54) is 12.0 Å². The predicted octanol–water partition coefficient (Wildman–Crippen LogP) is 3.69. The quantitative estimate of drug-likeness (QED) is 0.891. The molecule has 0 amide bonds. The van der Waals surface area contributed by atoms with Crippen molar-refractivity contribution in [2.75, 3.05) is 20.1 Å². The zero-order valence-electron chi connectivity index (χ0n) is 10.9. The van der Waals surface area contributed by atoms with Gasteiger partial charge in [0.1, 0.15) is 0 Å². The third-order valence-corrected chi connectivity index (χ3v) is 4.83. The summed E-state index contributed by atoms with van der Waals surface area (Å²) < 4.78 is 1.08. The summed E-state index contributed by atoms with van der Waals surface area (Å²) in [4.78, 5) is 2.35. The summed E-state index contributed by atoms with van der Waals surface area (Å²) in [6.07, 6.45) is 1.35. The molecule has 1 saturated carbocycles. The van der Waals surface area contributed by atoms with E-state index in [2.05, 4.69) is 34.8 Å². The van der Waals surface area contributed by atoms with Crippen molar-refractivity contribution in [1.82, 2.24) is 4.90 Å². The van der Waals surface area contributed by atoms with E-state index in [-0.39, 0.29) is 6.04 Å². The van der Waals surface area contributed by atoms with Crippen LogP contribution in [0.2, 0.25) is 5.02 Å². The summed E-state index contributed by atoms with van der Waals surface area (Å²) in [5.74, 6) is 1.70. The fourth-order valence-electron chi connectivity index (χ4n) is 2.46. The molecule has 0 heterocycles. The Morgan fingerprint density at radius 1 is 1.56 bits per heavy atom. The highest BCUT2D eigenvalue weighted by Crippen LogP contribution is 2.39. The monoisotopic (exact) mass is 330 g/mol. The highest BCUT2D eigenvalue weighted by Gasteiger charge is 2.34. The molecule has 2 N–H and O–H groups in total. The van der Waals surface area contributed by atoms with E-state index in [1.54, 1.807) is 0 Å². The number of hydrogen-bond donors (Lipinski definition) is 1. The molecule has 1 aromatic rings. The SMILES string of the molecule is CC1CC1CN(C)C(CN)c1cc(Cl)ccc1Br. The average Bonchev–Trinajstić information content (AvgIpc) is 3.00. The molecule has 3 unspecified atom stereocenters. The molecule has 1 aliphatic carbocycles. The van der Waals surface area contributed by atoms with E-state index >= 15 is 0 Å². The van der Waals surface area contributed by atoms with Crippen LogP contribution in [0.1, 0.15) is 24.9 Å². The number of nitrogens with two attached hydrogens (primary N) is 1. The number of benzene rings is 1. The van der Waals surface area contributed by atoms with Gasteiger partial charge in [-0.2, -0.15) is 0 Å². The summed E-state index contributed by atoms with van der Waals surface area (Å²) in [6, 6.07) is 6.13. The second kappa shape index (κ2) is 5.91. The normalized spacial score (nSPS) is 24.3. The summed E-state index contributed by atoms with van der Waals surface area (Å²) in [7, 11) is 2.15. The number of halogens is 2. The third kappa shape index (κ3) is 3.27. The van der Waals surface area contributed by atoms with Crippen LogP contribution < -0.4 is 5.73 Å². The van der Waals surface area contributed by atoms with Crippen molar-refractivity contribution in [3.05, 3.63) is 33.3 Å². The zero-order chi connectivity index (χ0) is 13.3. The first kappa shape index (κ1) is 14.3. The highest BCUT2D eigenvalue weighted by atomic mass is 79.9. The van der Waals surface area contributed by atoms with Gasteiger partial charge >= 0.3 is 0 Å². The Morgan fingerprint density at radius 3 is 2.78 bits per heavy atom. The standard InChI is InChI=1S/C14H20BrClN2/c1-9-5-10(9)8-18(2)14(7-17)12-6-11(16)3-4-13(12)15/h3-4,6,9-10,14H,5,7-8,17H2,1-2H3. The molecule has 18 heavy (non-hydrogen) atoms. The molecule has 2 nitrogen and oxygen atoms in total. The molecular formula is C14H20BrClN2. The zero-order valence-corrected chi connectivity index (χ0v) is 13.2. The van der Waals surface area contributed by atoms with Crippen molar-refractivity contribution in [3.8, 4) is 0 Å². The van der Waals surface area contributed by atoms with Crippen molar-refractivity contribution in [2.24, 2.45) is 17.6 Å². The molecule has 0 aliphatic heterocycles. The Kier molecular flexibility index (Phi) is 4.70. The van der Waals surface area contributed by atoms with Gasteiger partial charge < -0.3 is 5.73 Å². The maximum Gasteiger partial charge on any atom is 0.0479 e. The predicted molar refractivity (Wildman–Crippen MR) is 80.8 cm³/mol. The molecule has 0 bridgehead atoms. The number of likely N-dealkylation sites (N-methyl/N-ethyl adjacent to an activating group) is 1. The Morgan fingerprint density at radius 2 is 2.22 bits per heavy atom. The molecule has 0 radical (unpaired) electrons. The topological polar surface area (TPSA) is 29.3 Å². The lowest BCUT2D eigenvalue weighted by atomic mass is 10.1. The molecule has 1 aromatic carbocycles. The van der Waals surface area contributed by atoms with Crippen LogP contribution in [0.5, 0.6) is 0 Å². The fraction of sp³-hybridized carbons (Fsp3) is 0.571. The van der Waals surface area contributed by atoms with Gasteiger partial charge in [0.15, 0.2) is 0 Å². The van der Waals surface area contributed by atoms with Crippen molar-refractivity contribution < 1.29 is 0 Å². The van der Waals surface area contributed by atoms with E-state index < -0.39 is 0 Å². The first-order valence-corrected chi connectivity index (χ1v) is 7.55. The van der Waals surface area contributed by atoms with Crippen molar-refractivity contribution in [1.29, 1.82) is 0 Å². The van der Waals surface area contributed by atoms with Gasteiger partial charge in [-0.1, -0.05) is 34.5 Å². The van der Waals surface area contributed by atoms with Crippen LogP contribution in [0.3, 0.4) is 0 Å². The molecule has 100 valence electrons. The smallest absolute Gasteiger partial charge is 0.0479 e. The Hall–Kier alpha value is -0.0900. The highest BCUT2D eigenvalue weighted by molar-refractivity contribution is 9.10. The van der Waals surface area contributed by atoms with Gasteiger partial charge in [0.25, 0.3) is 0 Å². The molecule has 2 rings (SSSR count). The minimum atomic E-state index is 0.228. The van der Waals surface area contributed by atoms with Gasteiger partial charge in [0.2, 0.25) is 0 Å². The largest absolute Gasteiger partial charge is 0.329 e. The van der Waals surface area contributed by atoms with Crippen LogP contribution in [0.15, 0.2) is 22.7 Å². The van der Waals surface area contributed by atoms with Gasteiger partial charge in [-0.25, -0.2) is 0 Å². The molecule has 1 fully saturated rings. The van der Waals surface area contributed by atoms with E-state index in [4.69, 9.17) is 17.3 Å². The van der Waals surface area contributed by atoms with Crippen LogP contribution in [0.4, 0.5) is 0 Å². The lowest BCUT2D eigenvalue weighted by Gasteiger charge is -2.28. The van der Waals surface area contributed by atoms with Gasteiger partial charge in [-0.3, -0.25) is 4.90 Å². The second-order valence-corrected chi connectivity index (χ2v) is 6.62. The second-order valence-electron chi connectivity index (χ2n) is 5.33. The maximum atomic E-state index is 6.08. The lowest BCUT2D eigenvalue weighted by molar-refractivity contribution is 0.236. The van der Waals surface area contributed by atoms with E-state index in [1.807, 2.05) is 18.2 Å². The van der Waals surface area contributed by atoms with E-state index in [0.717, 1.165) is 27.9 Å². The van der Waals surface area contributed by atoms with Crippen molar-refractivity contribution >= 4 is 27.5 Å². The number of rotatable bonds is 5. The Labute approximate surface area is 123 Å². The summed E-state index contributed by atoms with van der Waals surface area (Å²) in [5.41, 5.74) is 7.13. The minimum Gasteiger partial charge on any atom is -0.329 e. The first-order valence-electron chi connectivity index (χ1n) is 6.38. The van der Waals surface area contributed by atoms with Gasteiger partial charge in [0.05, 0.1) is 0 Å². The van der Waals surface area contributed by atoms with Gasteiger partial charge in [-0.05, 0) is 49.1 Å². The molecule has 3 atom stereocenters. The first-order chi connectivity index (χ1) is 8.52. The molecule has 0 spiro atoms.